The second-order valence-electron chi connectivity index (χ2n) is 7.23. The first-order chi connectivity index (χ1) is 12.1. The largest absolute Gasteiger partial charge is 0.444 e. The highest BCUT2D eigenvalue weighted by Crippen LogP contribution is 2.25. The second-order valence-corrected chi connectivity index (χ2v) is 8.08. The van der Waals surface area contributed by atoms with E-state index in [2.05, 4.69) is 10.2 Å². The molecule has 1 aromatic rings. The highest BCUT2D eigenvalue weighted by atomic mass is 35.5. The van der Waals surface area contributed by atoms with Crippen molar-refractivity contribution in [3.05, 3.63) is 28.2 Å². The molecule has 2 amide bonds. The van der Waals surface area contributed by atoms with Crippen molar-refractivity contribution >= 4 is 40.9 Å². The third-order valence-corrected chi connectivity index (χ3v) is 4.45. The molecular formula is C18H25Cl2N3O3. The number of piperazine rings is 1. The summed E-state index contributed by atoms with van der Waals surface area (Å²) in [6, 6.07) is 4.94. The van der Waals surface area contributed by atoms with Crippen LogP contribution in [0, 0.1) is 0 Å². The maximum Gasteiger partial charge on any atom is 0.410 e. The molecule has 1 aromatic carbocycles. The van der Waals surface area contributed by atoms with E-state index in [0.29, 0.717) is 54.9 Å². The van der Waals surface area contributed by atoms with Crippen LogP contribution in [0.15, 0.2) is 18.2 Å². The molecule has 26 heavy (non-hydrogen) atoms. The number of amides is 2. The van der Waals surface area contributed by atoms with Crippen LogP contribution in [0.1, 0.15) is 27.2 Å². The predicted molar refractivity (Wildman–Crippen MR) is 104 cm³/mol. The fourth-order valence-electron chi connectivity index (χ4n) is 2.55. The lowest BCUT2D eigenvalue weighted by molar-refractivity contribution is -0.116. The van der Waals surface area contributed by atoms with Crippen LogP contribution in [-0.4, -0.2) is 60.1 Å². The number of anilines is 1. The van der Waals surface area contributed by atoms with Crippen LogP contribution >= 0.6 is 23.2 Å². The standard InChI is InChI=1S/C18H25Cl2N3O3/c1-18(2,3)26-17(25)23-10-8-22(9-11-23)7-6-16(24)21-15-12-13(19)4-5-14(15)20/h4-5,12H,6-11H2,1-3H3,(H,21,24). The van der Waals surface area contributed by atoms with E-state index in [4.69, 9.17) is 27.9 Å². The second kappa shape index (κ2) is 8.93. The summed E-state index contributed by atoms with van der Waals surface area (Å²) < 4.78 is 5.38. The molecule has 1 saturated heterocycles. The molecule has 8 heteroatoms. The number of nitrogens with one attached hydrogen (secondary N) is 1. The Bertz CT molecular complexity index is 654. The van der Waals surface area contributed by atoms with Crippen molar-refractivity contribution in [1.29, 1.82) is 0 Å². The Labute approximate surface area is 164 Å². The van der Waals surface area contributed by atoms with Crippen molar-refractivity contribution in [2.45, 2.75) is 32.8 Å². The van der Waals surface area contributed by atoms with Gasteiger partial charge in [-0.25, -0.2) is 4.79 Å². The smallest absolute Gasteiger partial charge is 0.410 e. The number of nitrogens with zero attached hydrogens (tertiary/aromatic N) is 2. The van der Waals surface area contributed by atoms with Crippen LogP contribution in [-0.2, 0) is 9.53 Å². The molecule has 2 rings (SSSR count). The lowest BCUT2D eigenvalue weighted by atomic mass is 10.2. The lowest BCUT2D eigenvalue weighted by Crippen LogP contribution is -2.50. The molecule has 1 N–H and O–H groups in total. The molecule has 144 valence electrons. The Kier molecular flexibility index (Phi) is 7.15. The average molecular weight is 402 g/mol. The molecule has 0 atom stereocenters. The van der Waals surface area contributed by atoms with Crippen molar-refractivity contribution in [2.75, 3.05) is 38.0 Å². The summed E-state index contributed by atoms with van der Waals surface area (Å²) in [6.07, 6.45) is 0.0560. The maximum absolute atomic E-state index is 12.1. The number of carbonyl (C=O) groups is 2. The summed E-state index contributed by atoms with van der Waals surface area (Å²) in [5.74, 6) is -0.122. The van der Waals surface area contributed by atoms with Crippen LogP contribution in [0.3, 0.4) is 0 Å². The van der Waals surface area contributed by atoms with E-state index in [0.717, 1.165) is 0 Å². The van der Waals surface area contributed by atoms with Gasteiger partial charge in [-0.3, -0.25) is 9.69 Å². The van der Waals surface area contributed by atoms with Gasteiger partial charge < -0.3 is 15.0 Å². The highest BCUT2D eigenvalue weighted by molar-refractivity contribution is 6.35. The van der Waals surface area contributed by atoms with Crippen molar-refractivity contribution in [1.82, 2.24) is 9.80 Å². The van der Waals surface area contributed by atoms with Gasteiger partial charge in [-0.15, -0.1) is 0 Å². The molecule has 1 fully saturated rings. The number of hydrogen-bond acceptors (Lipinski definition) is 4. The zero-order valence-corrected chi connectivity index (χ0v) is 16.9. The van der Waals surface area contributed by atoms with Gasteiger partial charge in [0.2, 0.25) is 5.91 Å². The van der Waals surface area contributed by atoms with Crippen molar-refractivity contribution in [3.8, 4) is 0 Å². The Morgan fingerprint density at radius 2 is 1.81 bits per heavy atom. The Balaban J connectivity index is 1.73. The Morgan fingerprint density at radius 1 is 1.15 bits per heavy atom. The van der Waals surface area contributed by atoms with Crippen LogP contribution < -0.4 is 5.32 Å². The number of carbonyl (C=O) groups excluding carboxylic acids is 2. The number of hydrogen-bond donors (Lipinski definition) is 1. The zero-order chi connectivity index (χ0) is 19.3. The first-order valence-corrected chi connectivity index (χ1v) is 9.35. The third-order valence-electron chi connectivity index (χ3n) is 3.88. The van der Waals surface area contributed by atoms with Gasteiger partial charge in [-0.1, -0.05) is 23.2 Å². The molecule has 0 spiro atoms. The molecule has 0 bridgehead atoms. The lowest BCUT2D eigenvalue weighted by Gasteiger charge is -2.35. The van der Waals surface area contributed by atoms with Gasteiger partial charge in [-0.2, -0.15) is 0 Å². The molecule has 1 aliphatic rings. The molecule has 1 heterocycles. The first kappa shape index (κ1) is 20.8. The SMILES string of the molecule is CC(C)(C)OC(=O)N1CCN(CCC(=O)Nc2cc(Cl)ccc2Cl)CC1. The van der Waals surface area contributed by atoms with Gasteiger partial charge in [0.05, 0.1) is 10.7 Å². The van der Waals surface area contributed by atoms with Gasteiger partial charge in [0.15, 0.2) is 0 Å². The van der Waals surface area contributed by atoms with Crippen LogP contribution in [0.4, 0.5) is 10.5 Å². The topological polar surface area (TPSA) is 61.9 Å². The first-order valence-electron chi connectivity index (χ1n) is 8.59. The quantitative estimate of drug-likeness (QED) is 0.831. The minimum absolute atomic E-state index is 0.122. The monoisotopic (exact) mass is 401 g/mol. The predicted octanol–water partition coefficient (Wildman–Crippen LogP) is 3.87. The van der Waals surface area contributed by atoms with Gasteiger partial charge >= 0.3 is 6.09 Å². The van der Waals surface area contributed by atoms with E-state index in [9.17, 15) is 9.59 Å². The average Bonchev–Trinajstić information content (AvgIpc) is 2.55. The van der Waals surface area contributed by atoms with Crippen LogP contribution in [0.25, 0.3) is 0 Å². The molecule has 0 unspecified atom stereocenters. The molecule has 0 radical (unpaired) electrons. The normalized spacial score (nSPS) is 15.7. The third kappa shape index (κ3) is 6.67. The van der Waals surface area contributed by atoms with E-state index in [-0.39, 0.29) is 12.0 Å². The van der Waals surface area contributed by atoms with Crippen molar-refractivity contribution < 1.29 is 14.3 Å². The van der Waals surface area contributed by atoms with Crippen molar-refractivity contribution in [3.63, 3.8) is 0 Å². The molecule has 6 nitrogen and oxygen atoms in total. The van der Waals surface area contributed by atoms with Gasteiger partial charge in [0.1, 0.15) is 5.60 Å². The summed E-state index contributed by atoms with van der Waals surface area (Å²) in [4.78, 5) is 28.0. The molecule has 1 aliphatic heterocycles. The number of benzene rings is 1. The summed E-state index contributed by atoms with van der Waals surface area (Å²) in [6.45, 7) is 8.79. The van der Waals surface area contributed by atoms with Crippen LogP contribution in [0.2, 0.25) is 10.0 Å². The maximum atomic E-state index is 12.1. The molecular weight excluding hydrogens is 377 g/mol. The Hall–Kier alpha value is -1.50. The summed E-state index contributed by atoms with van der Waals surface area (Å²) in [7, 11) is 0. The van der Waals surface area contributed by atoms with Crippen molar-refractivity contribution in [2.24, 2.45) is 0 Å². The fraction of sp³-hybridized carbons (Fsp3) is 0.556. The minimum Gasteiger partial charge on any atom is -0.444 e. The fourth-order valence-corrected chi connectivity index (χ4v) is 2.88. The number of rotatable bonds is 4. The molecule has 0 saturated carbocycles. The Morgan fingerprint density at radius 3 is 2.42 bits per heavy atom. The van der Waals surface area contributed by atoms with Gasteiger partial charge in [0.25, 0.3) is 0 Å². The minimum atomic E-state index is -0.492. The zero-order valence-electron chi connectivity index (χ0n) is 15.3. The highest BCUT2D eigenvalue weighted by Gasteiger charge is 2.25. The molecule has 0 aliphatic carbocycles. The van der Waals surface area contributed by atoms with E-state index >= 15 is 0 Å². The van der Waals surface area contributed by atoms with E-state index in [1.165, 1.54) is 0 Å². The number of halogens is 2. The van der Waals surface area contributed by atoms with Gasteiger partial charge in [-0.05, 0) is 39.0 Å². The molecule has 0 aromatic heterocycles. The number of ether oxygens (including phenoxy) is 1. The van der Waals surface area contributed by atoms with E-state index < -0.39 is 5.60 Å². The van der Waals surface area contributed by atoms with E-state index in [1.54, 1.807) is 23.1 Å². The van der Waals surface area contributed by atoms with Gasteiger partial charge in [0, 0.05) is 44.2 Å². The van der Waals surface area contributed by atoms with E-state index in [1.807, 2.05) is 20.8 Å². The summed E-state index contributed by atoms with van der Waals surface area (Å²) >= 11 is 12.0. The summed E-state index contributed by atoms with van der Waals surface area (Å²) in [5.41, 5.74) is 0.0207. The summed E-state index contributed by atoms with van der Waals surface area (Å²) in [5, 5.41) is 3.75. The van der Waals surface area contributed by atoms with Crippen LogP contribution in [0.5, 0.6) is 0 Å².